The fourth-order valence-corrected chi connectivity index (χ4v) is 6.92. The maximum absolute atomic E-state index is 13.7. The topological polar surface area (TPSA) is 115 Å². The van der Waals surface area contributed by atoms with E-state index in [9.17, 15) is 14.4 Å². The summed E-state index contributed by atoms with van der Waals surface area (Å²) >= 11 is 8.66. The lowest BCUT2D eigenvalue weighted by atomic mass is 9.87. The zero-order valence-corrected chi connectivity index (χ0v) is 22.5. The number of β-lactam (4-membered cyclic amide) rings is 1. The number of aromatic nitrogens is 1. The number of ether oxygens (including phenoxy) is 1. The van der Waals surface area contributed by atoms with Gasteiger partial charge in [-0.1, -0.05) is 78.3 Å². The Morgan fingerprint density at radius 3 is 2.42 bits per heavy atom. The van der Waals surface area contributed by atoms with Crippen molar-refractivity contribution in [1.82, 2.24) is 15.2 Å². The summed E-state index contributed by atoms with van der Waals surface area (Å²) < 4.78 is 6.13. The van der Waals surface area contributed by atoms with Crippen LogP contribution in [-0.2, 0) is 25.5 Å². The van der Waals surface area contributed by atoms with Crippen LogP contribution in [0.25, 0.3) is 0 Å². The molecular formula is C27H25ClN4O4S2. The Bertz CT molecular complexity index is 1310. The average molecular weight is 569 g/mol. The Morgan fingerprint density at radius 2 is 1.84 bits per heavy atom. The van der Waals surface area contributed by atoms with Gasteiger partial charge in [0.2, 0.25) is 11.8 Å². The minimum Gasteiger partial charge on any atom is -0.452 e. The predicted molar refractivity (Wildman–Crippen MR) is 148 cm³/mol. The zero-order chi connectivity index (χ0) is 26.7. The van der Waals surface area contributed by atoms with Crippen LogP contribution in [0.15, 0.2) is 77.7 Å². The number of thioether (sulfide) groups is 1. The molecule has 5 rings (SSSR count). The van der Waals surface area contributed by atoms with Gasteiger partial charge in [-0.2, -0.15) is 0 Å². The third kappa shape index (κ3) is 5.29. The largest absolute Gasteiger partial charge is 0.452 e. The maximum Gasteiger partial charge on any atom is 0.319 e. The van der Waals surface area contributed by atoms with Gasteiger partial charge in [-0.15, -0.1) is 23.1 Å². The van der Waals surface area contributed by atoms with Crippen LogP contribution >= 0.6 is 34.7 Å². The molecule has 2 aliphatic heterocycles. The summed E-state index contributed by atoms with van der Waals surface area (Å²) in [5.74, 6) is -0.690. The minimum absolute atomic E-state index is 0.0421. The van der Waals surface area contributed by atoms with Gasteiger partial charge in [0.05, 0.1) is 12.1 Å². The molecule has 2 unspecified atom stereocenters. The van der Waals surface area contributed by atoms with E-state index in [1.807, 2.05) is 60.7 Å². The van der Waals surface area contributed by atoms with Crippen molar-refractivity contribution in [1.29, 1.82) is 0 Å². The monoisotopic (exact) mass is 568 g/mol. The van der Waals surface area contributed by atoms with Crippen LogP contribution < -0.4 is 11.1 Å². The second kappa shape index (κ2) is 11.2. The van der Waals surface area contributed by atoms with Crippen LogP contribution in [-0.4, -0.2) is 51.4 Å². The van der Waals surface area contributed by atoms with E-state index in [4.69, 9.17) is 22.1 Å². The van der Waals surface area contributed by atoms with E-state index in [0.717, 1.165) is 11.1 Å². The van der Waals surface area contributed by atoms with Crippen molar-refractivity contribution in [2.45, 2.75) is 23.9 Å². The number of carbonyl (C=O) groups excluding carboxylic acids is 3. The van der Waals surface area contributed by atoms with Gasteiger partial charge in [-0.25, -0.2) is 4.98 Å². The number of benzene rings is 2. The number of nitrogen functional groups attached to an aromatic ring is 1. The molecule has 0 spiro atoms. The first-order valence-corrected chi connectivity index (χ1v) is 14.3. The second-order valence-electron chi connectivity index (χ2n) is 9.12. The van der Waals surface area contributed by atoms with Gasteiger partial charge in [-0.3, -0.25) is 14.4 Å². The molecule has 2 amide bonds. The molecule has 3 N–H and O–H groups in total. The van der Waals surface area contributed by atoms with Gasteiger partial charge in [0.15, 0.2) is 11.2 Å². The van der Waals surface area contributed by atoms with Crippen LogP contribution in [0.2, 0.25) is 0 Å². The molecule has 38 heavy (non-hydrogen) atoms. The number of nitrogens with two attached hydrogens (primary N) is 1. The molecule has 3 aromatic rings. The summed E-state index contributed by atoms with van der Waals surface area (Å²) in [6, 6.07) is 18.4. The van der Waals surface area contributed by atoms with E-state index in [-0.39, 0.29) is 30.2 Å². The summed E-state index contributed by atoms with van der Waals surface area (Å²) in [6.45, 7) is 0.108. The Balaban J connectivity index is 1.29. The molecule has 0 bridgehead atoms. The number of nitrogens with one attached hydrogen (secondary N) is 1. The van der Waals surface area contributed by atoms with E-state index < -0.39 is 23.5 Å². The van der Waals surface area contributed by atoms with Crippen molar-refractivity contribution in [3.63, 3.8) is 0 Å². The molecule has 2 aromatic carbocycles. The summed E-state index contributed by atoms with van der Waals surface area (Å²) in [4.78, 5) is 45.0. The summed E-state index contributed by atoms with van der Waals surface area (Å²) in [5, 5.41) is 4.62. The number of esters is 1. The van der Waals surface area contributed by atoms with E-state index in [1.54, 1.807) is 16.4 Å². The van der Waals surface area contributed by atoms with Crippen LogP contribution in [0.3, 0.4) is 0 Å². The molecule has 2 aliphatic rings. The third-order valence-electron chi connectivity index (χ3n) is 6.55. The number of amides is 2. The van der Waals surface area contributed by atoms with Crippen molar-refractivity contribution >= 4 is 57.6 Å². The van der Waals surface area contributed by atoms with Gasteiger partial charge >= 0.3 is 5.97 Å². The van der Waals surface area contributed by atoms with Gasteiger partial charge in [-0.05, 0) is 11.1 Å². The molecule has 196 valence electrons. The normalized spacial score (nSPS) is 22.7. The SMILES string of the molecule is Nc1nc(CC(=O)NC2C(=O)N3CC(C=CCl)(C(=O)OC(c4ccccc4)c4ccccc4)CS[C@H]23)cs1. The molecule has 1 aromatic heterocycles. The summed E-state index contributed by atoms with van der Waals surface area (Å²) in [7, 11) is 0. The molecule has 2 saturated heterocycles. The first kappa shape index (κ1) is 26.3. The highest BCUT2D eigenvalue weighted by Gasteiger charge is 2.57. The van der Waals surface area contributed by atoms with Crippen LogP contribution in [0.1, 0.15) is 22.9 Å². The number of hydrogen-bond acceptors (Lipinski definition) is 8. The molecule has 3 atom stereocenters. The van der Waals surface area contributed by atoms with E-state index in [2.05, 4.69) is 10.3 Å². The molecule has 8 nitrogen and oxygen atoms in total. The van der Waals surface area contributed by atoms with Gasteiger partial charge in [0.1, 0.15) is 16.8 Å². The molecule has 11 heteroatoms. The number of nitrogens with zero attached hydrogens (tertiary/aromatic N) is 2. The fourth-order valence-electron chi connectivity index (χ4n) is 4.61. The first-order valence-electron chi connectivity index (χ1n) is 11.9. The number of halogens is 1. The average Bonchev–Trinajstić information content (AvgIpc) is 3.35. The van der Waals surface area contributed by atoms with E-state index in [1.165, 1.54) is 28.6 Å². The second-order valence-corrected chi connectivity index (χ2v) is 11.4. The Morgan fingerprint density at radius 1 is 1.18 bits per heavy atom. The highest BCUT2D eigenvalue weighted by Crippen LogP contribution is 2.44. The highest BCUT2D eigenvalue weighted by molar-refractivity contribution is 8.00. The van der Waals surface area contributed by atoms with Crippen LogP contribution in [0.4, 0.5) is 5.13 Å². The smallest absolute Gasteiger partial charge is 0.319 e. The first-order chi connectivity index (χ1) is 18.4. The van der Waals surface area contributed by atoms with Crippen molar-refractivity contribution < 1.29 is 19.1 Å². The van der Waals surface area contributed by atoms with Crippen molar-refractivity contribution in [2.75, 3.05) is 18.0 Å². The maximum atomic E-state index is 13.7. The van der Waals surface area contributed by atoms with E-state index in [0.29, 0.717) is 16.6 Å². The van der Waals surface area contributed by atoms with Crippen molar-refractivity contribution in [3.8, 4) is 0 Å². The Kier molecular flexibility index (Phi) is 7.73. The number of anilines is 1. The molecule has 0 aliphatic carbocycles. The standard InChI is InChI=1S/C27H25ClN4O4S2/c28-12-11-27(25(35)36-22(17-7-3-1-4-8-17)18-9-5-2-6-10-18)15-32-23(34)21(24(32)38-16-27)31-20(33)13-19-14-37-26(29)30-19/h1-12,14,21-22,24H,13,15-16H2,(H2,29,30)(H,31,33)/t21?,24-,27?/m1/s1. The van der Waals surface area contributed by atoms with Crippen molar-refractivity contribution in [3.05, 3.63) is 94.5 Å². The minimum atomic E-state index is -1.13. The van der Waals surface area contributed by atoms with Gasteiger partial charge in [0.25, 0.3) is 0 Å². The number of thiazole rings is 1. The molecule has 0 radical (unpaired) electrons. The van der Waals surface area contributed by atoms with Gasteiger partial charge < -0.3 is 20.7 Å². The molecule has 2 fully saturated rings. The van der Waals surface area contributed by atoms with E-state index >= 15 is 0 Å². The summed E-state index contributed by atoms with van der Waals surface area (Å²) in [6.07, 6.45) is 1.02. The quantitative estimate of drug-likeness (QED) is 0.314. The lowest BCUT2D eigenvalue weighted by Gasteiger charge is -2.53. The lowest BCUT2D eigenvalue weighted by Crippen LogP contribution is -2.73. The predicted octanol–water partition coefficient (Wildman–Crippen LogP) is 3.74. The Labute approximate surface area is 233 Å². The third-order valence-corrected chi connectivity index (χ3v) is 8.95. The fraction of sp³-hybridized carbons (Fsp3) is 0.259. The highest BCUT2D eigenvalue weighted by atomic mass is 35.5. The van der Waals surface area contributed by atoms with Gasteiger partial charge in [0, 0.05) is 23.2 Å². The zero-order valence-electron chi connectivity index (χ0n) is 20.2. The Hall–Kier alpha value is -3.34. The van der Waals surface area contributed by atoms with Crippen LogP contribution in [0, 0.1) is 5.41 Å². The van der Waals surface area contributed by atoms with Crippen LogP contribution in [0.5, 0.6) is 0 Å². The number of carbonyl (C=O) groups is 3. The van der Waals surface area contributed by atoms with Crippen molar-refractivity contribution in [2.24, 2.45) is 5.41 Å². The molecular weight excluding hydrogens is 544 g/mol. The number of hydrogen-bond donors (Lipinski definition) is 2. The number of fused-ring (bicyclic) bond motifs is 1. The lowest BCUT2D eigenvalue weighted by molar-refractivity contribution is -0.162. The number of rotatable bonds is 8. The molecule has 0 saturated carbocycles. The summed E-state index contributed by atoms with van der Waals surface area (Å²) in [5.41, 5.74) is 8.03. The molecule has 3 heterocycles.